The molecule has 13 nitrogen and oxygen atoms in total. The number of fused-ring (bicyclic) bond motifs is 3. The highest BCUT2D eigenvalue weighted by Gasteiger charge is 2.63. The zero-order chi connectivity index (χ0) is 35.4. The second-order valence-corrected chi connectivity index (χ2v) is 13.5. The molecule has 0 spiro atoms. The van der Waals surface area contributed by atoms with Crippen LogP contribution >= 0.6 is 0 Å². The number of hydrogen-bond acceptors (Lipinski definition) is 11. The SMILES string of the molecule is CN(C)c1cc(CNC(=O)C(Cc2ccccc2)N(C)C)c(O)c2c1C[C@@H]1C[C@H]3[C@@H](N(C)C)C(O)=C(C(N)=O)C(=O)[C@]3(O)C(O)=C1C2=O. The number of Topliss-reactive ketones (excluding diaryl/α,β-unsaturated/α-hetero) is 2. The van der Waals surface area contributed by atoms with E-state index in [4.69, 9.17) is 5.73 Å². The number of phenols is 1. The van der Waals surface area contributed by atoms with Crippen LogP contribution in [0.3, 0.4) is 0 Å². The van der Waals surface area contributed by atoms with Crippen molar-refractivity contribution in [2.75, 3.05) is 47.2 Å². The number of primary amides is 1. The molecule has 5 rings (SSSR count). The molecular formula is C35H43N5O8. The number of nitrogens with two attached hydrogens (primary N) is 1. The topological polar surface area (TPSA) is 197 Å². The highest BCUT2D eigenvalue weighted by atomic mass is 16.3. The van der Waals surface area contributed by atoms with E-state index >= 15 is 0 Å². The van der Waals surface area contributed by atoms with Crippen LogP contribution in [0.4, 0.5) is 5.69 Å². The van der Waals surface area contributed by atoms with Crippen LogP contribution in [-0.4, -0.2) is 114 Å². The van der Waals surface area contributed by atoms with Crippen LogP contribution in [0.25, 0.3) is 0 Å². The Morgan fingerprint density at radius 3 is 2.25 bits per heavy atom. The van der Waals surface area contributed by atoms with E-state index in [0.29, 0.717) is 17.7 Å². The molecule has 3 aliphatic rings. The van der Waals surface area contributed by atoms with E-state index in [1.165, 1.54) is 4.90 Å². The largest absolute Gasteiger partial charge is 0.510 e. The number of allylic oxidation sites excluding steroid dienone is 1. The highest BCUT2D eigenvalue weighted by Crippen LogP contribution is 2.53. The van der Waals surface area contributed by atoms with E-state index in [0.717, 1.165) is 5.56 Å². The number of rotatable bonds is 9. The van der Waals surface area contributed by atoms with Crippen molar-refractivity contribution in [3.8, 4) is 5.75 Å². The number of carbonyl (C=O) groups is 4. The van der Waals surface area contributed by atoms with E-state index in [1.807, 2.05) is 30.3 Å². The van der Waals surface area contributed by atoms with Crippen molar-refractivity contribution in [2.24, 2.45) is 17.6 Å². The van der Waals surface area contributed by atoms with Gasteiger partial charge in [-0.15, -0.1) is 0 Å². The van der Waals surface area contributed by atoms with Crippen LogP contribution in [0.5, 0.6) is 5.75 Å². The summed E-state index contributed by atoms with van der Waals surface area (Å²) in [5.74, 6) is -7.40. The molecule has 13 heteroatoms. The van der Waals surface area contributed by atoms with Crippen LogP contribution in [-0.2, 0) is 33.8 Å². The number of likely N-dealkylation sites (N-methyl/N-ethyl adjacent to an activating group) is 2. The summed E-state index contributed by atoms with van der Waals surface area (Å²) < 4.78 is 0. The van der Waals surface area contributed by atoms with Gasteiger partial charge in [0.05, 0.1) is 17.6 Å². The number of anilines is 1. The van der Waals surface area contributed by atoms with Gasteiger partial charge in [0.2, 0.25) is 11.7 Å². The summed E-state index contributed by atoms with van der Waals surface area (Å²) in [4.78, 5) is 58.6. The van der Waals surface area contributed by atoms with E-state index in [1.54, 1.807) is 58.2 Å². The molecular weight excluding hydrogens is 618 g/mol. The number of ketones is 2. The molecule has 0 saturated carbocycles. The lowest BCUT2D eigenvalue weighted by Crippen LogP contribution is -2.63. The molecule has 3 aliphatic carbocycles. The van der Waals surface area contributed by atoms with Crippen molar-refractivity contribution >= 4 is 29.1 Å². The number of benzene rings is 2. The van der Waals surface area contributed by atoms with Gasteiger partial charge < -0.3 is 36.4 Å². The van der Waals surface area contributed by atoms with Crippen LogP contribution in [0.15, 0.2) is 59.1 Å². The maximum absolute atomic E-state index is 14.3. The fraction of sp³-hybridized carbons (Fsp3) is 0.429. The summed E-state index contributed by atoms with van der Waals surface area (Å²) in [6.45, 7) is -0.110. The summed E-state index contributed by atoms with van der Waals surface area (Å²) in [6, 6.07) is 9.68. The molecule has 256 valence electrons. The lowest BCUT2D eigenvalue weighted by molar-refractivity contribution is -0.148. The highest BCUT2D eigenvalue weighted by molar-refractivity contribution is 6.25. The van der Waals surface area contributed by atoms with Gasteiger partial charge in [-0.2, -0.15) is 0 Å². The summed E-state index contributed by atoms with van der Waals surface area (Å²) >= 11 is 0. The molecule has 0 radical (unpaired) electrons. The van der Waals surface area contributed by atoms with Crippen molar-refractivity contribution < 1.29 is 39.6 Å². The second kappa shape index (κ2) is 12.7. The summed E-state index contributed by atoms with van der Waals surface area (Å²) in [5.41, 5.74) is 3.82. The number of nitrogens with one attached hydrogen (secondary N) is 1. The average Bonchev–Trinajstić information content (AvgIpc) is 3.01. The van der Waals surface area contributed by atoms with Crippen molar-refractivity contribution in [2.45, 2.75) is 43.5 Å². The standard InChI is InChI=1S/C35H43N5O8/c1-38(2)22-15-19(16-37-34(47)23(39(3)4)12-17-10-8-7-9-11-17)28(41)25-20(22)13-18-14-21-27(40(5)6)30(43)26(33(36)46)32(45)35(21,48)31(44)24(18)29(25)42/h7-11,15,18,21,23,27,41,43-44,48H,12-14,16H2,1-6H3,(H2,36,46)(H,37,47)/t18-,21+,23?,27-,35-/m1/s1. The Morgan fingerprint density at radius 1 is 1.04 bits per heavy atom. The minimum absolute atomic E-state index is 0.00939. The third-order valence-electron chi connectivity index (χ3n) is 9.91. The Morgan fingerprint density at radius 2 is 1.69 bits per heavy atom. The molecule has 0 heterocycles. The van der Waals surface area contributed by atoms with Gasteiger partial charge in [0.15, 0.2) is 11.4 Å². The molecule has 0 saturated heterocycles. The van der Waals surface area contributed by atoms with Crippen LogP contribution in [0.2, 0.25) is 0 Å². The molecule has 0 aliphatic heterocycles. The number of aliphatic hydroxyl groups is 3. The maximum atomic E-state index is 14.3. The molecule has 2 aromatic rings. The van der Waals surface area contributed by atoms with Gasteiger partial charge in [-0.1, -0.05) is 30.3 Å². The Bertz CT molecular complexity index is 1750. The van der Waals surface area contributed by atoms with Crippen molar-refractivity contribution in [3.63, 3.8) is 0 Å². The van der Waals surface area contributed by atoms with E-state index in [9.17, 15) is 39.6 Å². The first-order chi connectivity index (χ1) is 22.5. The third kappa shape index (κ3) is 5.51. The summed E-state index contributed by atoms with van der Waals surface area (Å²) in [5, 5.41) is 48.9. The normalized spacial score (nSPS) is 24.3. The Balaban J connectivity index is 1.55. The lowest BCUT2D eigenvalue weighted by atomic mass is 9.58. The summed E-state index contributed by atoms with van der Waals surface area (Å²) in [7, 11) is 10.3. The van der Waals surface area contributed by atoms with Crippen molar-refractivity contribution in [1.82, 2.24) is 15.1 Å². The van der Waals surface area contributed by atoms with Gasteiger partial charge in [-0.3, -0.25) is 29.0 Å². The predicted octanol–water partition coefficient (Wildman–Crippen LogP) is 0.976. The number of aliphatic hydroxyl groups excluding tert-OH is 2. The zero-order valence-corrected chi connectivity index (χ0v) is 27.9. The first-order valence-corrected chi connectivity index (χ1v) is 15.7. The number of nitrogens with zero attached hydrogens (tertiary/aromatic N) is 3. The van der Waals surface area contributed by atoms with E-state index in [2.05, 4.69) is 5.32 Å². The molecule has 0 aromatic heterocycles. The van der Waals surface area contributed by atoms with E-state index < -0.39 is 69.8 Å². The van der Waals surface area contributed by atoms with Gasteiger partial charge in [0.1, 0.15) is 22.8 Å². The molecule has 1 unspecified atom stereocenters. The van der Waals surface area contributed by atoms with Crippen molar-refractivity contribution in [3.05, 3.63) is 81.3 Å². The Labute approximate surface area is 278 Å². The van der Waals surface area contributed by atoms with Crippen LogP contribution in [0.1, 0.15) is 33.5 Å². The molecule has 7 N–H and O–H groups in total. The number of hydrogen-bond donors (Lipinski definition) is 6. The van der Waals surface area contributed by atoms with Crippen molar-refractivity contribution in [1.29, 1.82) is 0 Å². The maximum Gasteiger partial charge on any atom is 0.255 e. The van der Waals surface area contributed by atoms with Gasteiger partial charge >= 0.3 is 0 Å². The van der Waals surface area contributed by atoms with Gasteiger partial charge in [-0.25, -0.2) is 0 Å². The molecule has 2 aromatic carbocycles. The second-order valence-electron chi connectivity index (χ2n) is 13.5. The first-order valence-electron chi connectivity index (χ1n) is 15.7. The van der Waals surface area contributed by atoms with Gasteiger partial charge in [0, 0.05) is 43.4 Å². The van der Waals surface area contributed by atoms with Crippen LogP contribution < -0.4 is 16.0 Å². The number of aromatic hydroxyl groups is 1. The average molecular weight is 662 g/mol. The van der Waals surface area contributed by atoms with Gasteiger partial charge in [-0.05, 0) is 70.6 Å². The number of amides is 2. The lowest BCUT2D eigenvalue weighted by Gasteiger charge is -2.50. The molecule has 0 bridgehead atoms. The minimum atomic E-state index is -2.73. The summed E-state index contributed by atoms with van der Waals surface area (Å²) in [6.07, 6.45) is 0.598. The van der Waals surface area contributed by atoms with Crippen LogP contribution in [0, 0.1) is 11.8 Å². The van der Waals surface area contributed by atoms with Gasteiger partial charge in [0.25, 0.3) is 5.91 Å². The first kappa shape index (κ1) is 34.6. The molecule has 5 atom stereocenters. The minimum Gasteiger partial charge on any atom is -0.510 e. The zero-order valence-electron chi connectivity index (χ0n) is 27.9. The molecule has 48 heavy (non-hydrogen) atoms. The fourth-order valence-corrected chi connectivity index (χ4v) is 7.53. The molecule has 0 fully saturated rings. The fourth-order valence-electron chi connectivity index (χ4n) is 7.53. The monoisotopic (exact) mass is 661 g/mol. The Hall–Kier alpha value is -4.72. The number of phenolic OH excluding ortho intramolecular Hbond substituents is 1. The third-order valence-corrected chi connectivity index (χ3v) is 9.91. The molecule has 2 amide bonds. The smallest absolute Gasteiger partial charge is 0.255 e. The predicted molar refractivity (Wildman–Crippen MR) is 177 cm³/mol. The Kier molecular flexibility index (Phi) is 9.17. The van der Waals surface area contributed by atoms with E-state index in [-0.39, 0.29) is 42.0 Å². The quantitative estimate of drug-likeness (QED) is 0.210. The number of carbonyl (C=O) groups excluding carboxylic acids is 4.